The molecular weight excluding hydrogens is 348 g/mol. The van der Waals surface area contributed by atoms with Gasteiger partial charge in [-0.3, -0.25) is 10.1 Å². The van der Waals surface area contributed by atoms with Crippen molar-refractivity contribution in [3.05, 3.63) is 47.0 Å². The van der Waals surface area contributed by atoms with E-state index in [0.29, 0.717) is 35.4 Å². The number of aryl methyl sites for hydroxylation is 2. The average molecular weight is 370 g/mol. The molecule has 0 spiro atoms. The van der Waals surface area contributed by atoms with Gasteiger partial charge >= 0.3 is 0 Å². The molecule has 1 aromatic heterocycles. The van der Waals surface area contributed by atoms with E-state index in [1.54, 1.807) is 18.2 Å². The molecule has 1 amide bonds. The van der Waals surface area contributed by atoms with Gasteiger partial charge in [0.1, 0.15) is 0 Å². The van der Waals surface area contributed by atoms with Crippen molar-refractivity contribution in [3.8, 4) is 11.5 Å². The second-order valence-electron chi connectivity index (χ2n) is 5.88. The number of fused-ring (bicyclic) bond motifs is 1. The summed E-state index contributed by atoms with van der Waals surface area (Å²) in [4.78, 5) is 17.2. The Morgan fingerprint density at radius 3 is 2.42 bits per heavy atom. The van der Waals surface area contributed by atoms with Crippen molar-refractivity contribution in [3.63, 3.8) is 0 Å². The first-order chi connectivity index (χ1) is 12.5. The lowest BCUT2D eigenvalue weighted by Crippen LogP contribution is -2.12. The molecule has 0 atom stereocenters. The lowest BCUT2D eigenvalue weighted by atomic mass is 10.1. The van der Waals surface area contributed by atoms with Crippen molar-refractivity contribution < 1.29 is 14.3 Å². The lowest BCUT2D eigenvalue weighted by Gasteiger charge is -2.12. The highest BCUT2D eigenvalue weighted by Crippen LogP contribution is 2.32. The summed E-state index contributed by atoms with van der Waals surface area (Å²) >= 11 is 1.49. The summed E-state index contributed by atoms with van der Waals surface area (Å²) in [5, 5.41) is 3.49. The molecule has 0 bridgehead atoms. The third-order valence-electron chi connectivity index (χ3n) is 3.97. The predicted octanol–water partition coefficient (Wildman–Crippen LogP) is 4.96. The van der Waals surface area contributed by atoms with Crippen molar-refractivity contribution in [1.82, 2.24) is 4.98 Å². The minimum absolute atomic E-state index is 0.219. The van der Waals surface area contributed by atoms with Gasteiger partial charge in [-0.25, -0.2) is 4.98 Å². The molecule has 0 aliphatic carbocycles. The summed E-state index contributed by atoms with van der Waals surface area (Å²) in [6.07, 6.45) is 0. The molecule has 0 radical (unpaired) electrons. The Morgan fingerprint density at radius 1 is 1.04 bits per heavy atom. The first-order valence-electron chi connectivity index (χ1n) is 8.61. The summed E-state index contributed by atoms with van der Waals surface area (Å²) in [6, 6.07) is 9.31. The highest BCUT2D eigenvalue weighted by molar-refractivity contribution is 7.22. The largest absolute Gasteiger partial charge is 0.490 e. The lowest BCUT2D eigenvalue weighted by molar-refractivity contribution is 0.102. The molecule has 136 valence electrons. The quantitative estimate of drug-likeness (QED) is 0.666. The van der Waals surface area contributed by atoms with E-state index in [0.717, 1.165) is 21.3 Å². The van der Waals surface area contributed by atoms with Crippen molar-refractivity contribution >= 4 is 32.6 Å². The SMILES string of the molecule is CCOc1ccc(C(=O)Nc2nc3c(C)ccc(C)c3s2)cc1OCC. The third-order valence-corrected chi connectivity index (χ3v) is 5.07. The molecular formula is C20H22N2O3S. The van der Waals surface area contributed by atoms with Gasteiger partial charge in [-0.15, -0.1) is 0 Å². The maximum atomic E-state index is 12.6. The van der Waals surface area contributed by atoms with Gasteiger partial charge in [0.05, 0.1) is 23.4 Å². The number of benzene rings is 2. The number of anilines is 1. The van der Waals surface area contributed by atoms with Crippen molar-refractivity contribution in [2.24, 2.45) is 0 Å². The molecule has 6 heteroatoms. The van der Waals surface area contributed by atoms with Gasteiger partial charge in [-0.05, 0) is 57.0 Å². The topological polar surface area (TPSA) is 60.5 Å². The third kappa shape index (κ3) is 3.65. The van der Waals surface area contributed by atoms with E-state index in [2.05, 4.69) is 16.4 Å². The zero-order valence-electron chi connectivity index (χ0n) is 15.4. The van der Waals surface area contributed by atoms with Gasteiger partial charge in [0, 0.05) is 5.56 Å². The minimum Gasteiger partial charge on any atom is -0.490 e. The van der Waals surface area contributed by atoms with Gasteiger partial charge < -0.3 is 9.47 Å². The van der Waals surface area contributed by atoms with Crippen LogP contribution in [0, 0.1) is 13.8 Å². The number of thiazole rings is 1. The molecule has 0 aliphatic heterocycles. The van der Waals surface area contributed by atoms with E-state index in [9.17, 15) is 4.79 Å². The summed E-state index contributed by atoms with van der Waals surface area (Å²) < 4.78 is 12.2. The summed E-state index contributed by atoms with van der Waals surface area (Å²) in [5.74, 6) is 0.985. The Kier molecular flexibility index (Phi) is 5.42. The molecule has 3 rings (SSSR count). The fourth-order valence-corrected chi connectivity index (χ4v) is 3.68. The average Bonchev–Trinajstić information content (AvgIpc) is 3.05. The van der Waals surface area contributed by atoms with Crippen molar-refractivity contribution in [2.45, 2.75) is 27.7 Å². The number of hydrogen-bond donors (Lipinski definition) is 1. The molecule has 3 aromatic rings. The zero-order valence-corrected chi connectivity index (χ0v) is 16.2. The van der Waals surface area contributed by atoms with E-state index in [1.165, 1.54) is 11.3 Å². The van der Waals surface area contributed by atoms with Gasteiger partial charge in [0.2, 0.25) is 0 Å². The van der Waals surface area contributed by atoms with Crippen LogP contribution in [0.15, 0.2) is 30.3 Å². The van der Waals surface area contributed by atoms with Crippen LogP contribution >= 0.6 is 11.3 Å². The van der Waals surface area contributed by atoms with Gasteiger partial charge in [-0.2, -0.15) is 0 Å². The number of carbonyl (C=O) groups is 1. The number of nitrogens with one attached hydrogen (secondary N) is 1. The van der Waals surface area contributed by atoms with Crippen LogP contribution < -0.4 is 14.8 Å². The Bertz CT molecular complexity index is 911. The maximum absolute atomic E-state index is 12.6. The number of aromatic nitrogens is 1. The molecule has 0 fully saturated rings. The highest BCUT2D eigenvalue weighted by atomic mass is 32.1. The van der Waals surface area contributed by atoms with E-state index in [4.69, 9.17) is 9.47 Å². The van der Waals surface area contributed by atoms with Crippen LogP contribution in [0.1, 0.15) is 35.3 Å². The number of hydrogen-bond acceptors (Lipinski definition) is 5. The maximum Gasteiger partial charge on any atom is 0.257 e. The summed E-state index contributed by atoms with van der Waals surface area (Å²) in [6.45, 7) is 8.92. The molecule has 5 nitrogen and oxygen atoms in total. The van der Waals surface area contributed by atoms with Crippen LogP contribution in [0.4, 0.5) is 5.13 Å². The summed E-state index contributed by atoms with van der Waals surface area (Å²) in [5.41, 5.74) is 3.70. The van der Waals surface area contributed by atoms with Gasteiger partial charge in [0.15, 0.2) is 16.6 Å². The fourth-order valence-electron chi connectivity index (χ4n) is 2.67. The molecule has 0 saturated carbocycles. The highest BCUT2D eigenvalue weighted by Gasteiger charge is 2.15. The van der Waals surface area contributed by atoms with E-state index in [1.807, 2.05) is 33.8 Å². The Hall–Kier alpha value is -2.60. The predicted molar refractivity (Wildman–Crippen MR) is 106 cm³/mol. The van der Waals surface area contributed by atoms with Crippen LogP contribution in [0.5, 0.6) is 11.5 Å². The molecule has 0 aliphatic rings. The molecule has 0 saturated heterocycles. The second kappa shape index (κ2) is 7.74. The molecule has 1 heterocycles. The number of carbonyl (C=O) groups excluding carboxylic acids is 1. The number of rotatable bonds is 6. The zero-order chi connectivity index (χ0) is 18.7. The van der Waals surface area contributed by atoms with Crippen molar-refractivity contribution in [1.29, 1.82) is 0 Å². The second-order valence-corrected chi connectivity index (χ2v) is 6.88. The Balaban J connectivity index is 1.87. The van der Waals surface area contributed by atoms with Crippen LogP contribution in [-0.2, 0) is 0 Å². The van der Waals surface area contributed by atoms with Crippen molar-refractivity contribution in [2.75, 3.05) is 18.5 Å². The van der Waals surface area contributed by atoms with Crippen LogP contribution in [0.25, 0.3) is 10.2 Å². The normalized spacial score (nSPS) is 10.8. The Morgan fingerprint density at radius 2 is 1.73 bits per heavy atom. The van der Waals surface area contributed by atoms with Crippen LogP contribution in [0.3, 0.4) is 0 Å². The smallest absolute Gasteiger partial charge is 0.257 e. The fraction of sp³-hybridized carbons (Fsp3) is 0.300. The minimum atomic E-state index is -0.219. The first kappa shape index (κ1) is 18.2. The number of ether oxygens (including phenoxy) is 2. The molecule has 1 N–H and O–H groups in total. The van der Waals surface area contributed by atoms with Crippen LogP contribution in [-0.4, -0.2) is 24.1 Å². The number of nitrogens with zero attached hydrogens (tertiary/aromatic N) is 1. The standard InChI is InChI=1S/C20H22N2O3S/c1-5-24-15-10-9-14(11-16(15)25-6-2)19(23)22-20-21-17-12(3)7-8-13(4)18(17)26-20/h7-11H,5-6H2,1-4H3,(H,21,22,23). The van der Waals surface area contributed by atoms with Gasteiger partial charge in [0.25, 0.3) is 5.91 Å². The van der Waals surface area contributed by atoms with E-state index < -0.39 is 0 Å². The van der Waals surface area contributed by atoms with Gasteiger partial charge in [-0.1, -0.05) is 23.5 Å². The van der Waals surface area contributed by atoms with Crippen LogP contribution in [0.2, 0.25) is 0 Å². The van der Waals surface area contributed by atoms with E-state index >= 15 is 0 Å². The first-order valence-corrected chi connectivity index (χ1v) is 9.42. The molecule has 26 heavy (non-hydrogen) atoms. The summed E-state index contributed by atoms with van der Waals surface area (Å²) in [7, 11) is 0. The van der Waals surface area contributed by atoms with E-state index in [-0.39, 0.29) is 5.91 Å². The molecule has 0 unspecified atom stereocenters. The molecule has 2 aromatic carbocycles. The monoisotopic (exact) mass is 370 g/mol. The number of amides is 1. The Labute approximate surface area is 157 Å².